The summed E-state index contributed by atoms with van der Waals surface area (Å²) in [6.45, 7) is 0.287. The number of carbonyl (C=O) groups is 1. The molecule has 1 aromatic rings. The van der Waals surface area contributed by atoms with E-state index < -0.39 is 0 Å². The largest absolute Gasteiger partial charge is 0.461 e. The van der Waals surface area contributed by atoms with Gasteiger partial charge in [0.25, 0.3) is 0 Å². The highest BCUT2D eigenvalue weighted by Gasteiger charge is 2.31. The highest BCUT2D eigenvalue weighted by atomic mass is 35.5. The van der Waals surface area contributed by atoms with Gasteiger partial charge < -0.3 is 4.74 Å². The predicted octanol–water partition coefficient (Wildman–Crippen LogP) is 2.79. The highest BCUT2D eigenvalue weighted by molar-refractivity contribution is 6.31. The van der Waals surface area contributed by atoms with E-state index in [1.807, 2.05) is 18.2 Å². The molecule has 0 aliphatic heterocycles. The molecule has 74 valence electrons. The van der Waals surface area contributed by atoms with Gasteiger partial charge in [-0.05, 0) is 18.9 Å². The smallest absolute Gasteiger partial charge is 0.309 e. The van der Waals surface area contributed by atoms with E-state index in [1.54, 1.807) is 6.07 Å². The zero-order valence-electron chi connectivity index (χ0n) is 7.70. The molecular weight excluding hydrogens is 200 g/mol. The molecule has 1 aliphatic carbocycles. The molecule has 0 spiro atoms. The second-order valence-corrected chi connectivity index (χ2v) is 3.88. The van der Waals surface area contributed by atoms with Crippen LogP contribution in [0.15, 0.2) is 24.3 Å². The van der Waals surface area contributed by atoms with E-state index in [-0.39, 0.29) is 18.5 Å². The zero-order chi connectivity index (χ0) is 9.97. The minimum atomic E-state index is -0.0927. The lowest BCUT2D eigenvalue weighted by Gasteiger charge is -2.05. The lowest BCUT2D eigenvalue weighted by Crippen LogP contribution is -2.06. The molecule has 0 N–H and O–H groups in total. The number of esters is 1. The van der Waals surface area contributed by atoms with E-state index in [0.717, 1.165) is 18.4 Å². The maximum atomic E-state index is 11.2. The SMILES string of the molecule is O=C(OCc1ccccc1Cl)C1CC1. The van der Waals surface area contributed by atoms with Crippen LogP contribution in [0, 0.1) is 5.92 Å². The highest BCUT2D eigenvalue weighted by Crippen LogP contribution is 2.30. The molecule has 2 nitrogen and oxygen atoms in total. The van der Waals surface area contributed by atoms with Crippen LogP contribution in [-0.2, 0) is 16.1 Å². The standard InChI is InChI=1S/C11H11ClO2/c12-10-4-2-1-3-9(10)7-14-11(13)8-5-6-8/h1-4,8H,5-7H2. The molecule has 3 heteroatoms. The topological polar surface area (TPSA) is 26.3 Å². The number of hydrogen-bond acceptors (Lipinski definition) is 2. The number of ether oxygens (including phenoxy) is 1. The Morgan fingerprint density at radius 3 is 2.79 bits per heavy atom. The summed E-state index contributed by atoms with van der Waals surface area (Å²) in [5.74, 6) is 0.0578. The van der Waals surface area contributed by atoms with E-state index in [0.29, 0.717) is 5.02 Å². The van der Waals surface area contributed by atoms with Gasteiger partial charge in [0.2, 0.25) is 0 Å². The van der Waals surface area contributed by atoms with Gasteiger partial charge in [0.1, 0.15) is 6.61 Å². The third-order valence-corrected chi connectivity index (χ3v) is 2.61. The molecule has 0 atom stereocenters. The van der Waals surface area contributed by atoms with Crippen molar-refractivity contribution in [2.75, 3.05) is 0 Å². The summed E-state index contributed by atoms with van der Waals surface area (Å²) >= 11 is 5.91. The van der Waals surface area contributed by atoms with Crippen LogP contribution in [0.1, 0.15) is 18.4 Å². The Morgan fingerprint density at radius 1 is 1.43 bits per heavy atom. The fourth-order valence-electron chi connectivity index (χ4n) is 1.20. The normalized spacial score (nSPS) is 15.2. The van der Waals surface area contributed by atoms with E-state index in [9.17, 15) is 4.79 Å². The number of benzene rings is 1. The summed E-state index contributed by atoms with van der Waals surface area (Å²) in [6.07, 6.45) is 1.95. The van der Waals surface area contributed by atoms with Crippen molar-refractivity contribution < 1.29 is 9.53 Å². The first-order valence-corrected chi connectivity index (χ1v) is 5.05. The molecule has 0 aromatic heterocycles. The third kappa shape index (κ3) is 2.26. The first kappa shape index (κ1) is 9.53. The van der Waals surface area contributed by atoms with Gasteiger partial charge in [-0.25, -0.2) is 0 Å². The summed E-state index contributed by atoms with van der Waals surface area (Å²) in [5.41, 5.74) is 0.864. The van der Waals surface area contributed by atoms with Crippen LogP contribution in [0.25, 0.3) is 0 Å². The average Bonchev–Trinajstić information content (AvgIpc) is 2.99. The Hall–Kier alpha value is -1.02. The van der Waals surface area contributed by atoms with Crippen molar-refractivity contribution in [3.8, 4) is 0 Å². The van der Waals surface area contributed by atoms with Crippen molar-refractivity contribution in [1.29, 1.82) is 0 Å². The Morgan fingerprint density at radius 2 is 2.14 bits per heavy atom. The number of hydrogen-bond donors (Lipinski definition) is 0. The van der Waals surface area contributed by atoms with E-state index in [4.69, 9.17) is 16.3 Å². The summed E-state index contributed by atoms with van der Waals surface area (Å²) in [6, 6.07) is 7.39. The lowest BCUT2D eigenvalue weighted by atomic mass is 10.2. The summed E-state index contributed by atoms with van der Waals surface area (Å²) in [7, 11) is 0. The molecule has 1 aliphatic rings. The number of rotatable bonds is 3. The molecule has 1 aromatic carbocycles. The van der Waals surface area contributed by atoms with E-state index in [2.05, 4.69) is 0 Å². The van der Waals surface area contributed by atoms with Crippen molar-refractivity contribution in [1.82, 2.24) is 0 Å². The Kier molecular flexibility index (Phi) is 2.73. The summed E-state index contributed by atoms with van der Waals surface area (Å²) < 4.78 is 5.11. The molecule has 1 fully saturated rings. The van der Waals surface area contributed by atoms with Gasteiger partial charge in [0, 0.05) is 10.6 Å². The van der Waals surface area contributed by atoms with Gasteiger partial charge in [-0.15, -0.1) is 0 Å². The molecule has 14 heavy (non-hydrogen) atoms. The lowest BCUT2D eigenvalue weighted by molar-refractivity contribution is -0.146. The van der Waals surface area contributed by atoms with Crippen LogP contribution in [0.5, 0.6) is 0 Å². The quantitative estimate of drug-likeness (QED) is 0.718. The van der Waals surface area contributed by atoms with Gasteiger partial charge in [-0.2, -0.15) is 0 Å². The molecule has 0 radical (unpaired) electrons. The van der Waals surface area contributed by atoms with Crippen LogP contribution in [0.4, 0.5) is 0 Å². The van der Waals surface area contributed by atoms with Crippen molar-refractivity contribution in [3.63, 3.8) is 0 Å². The minimum Gasteiger partial charge on any atom is -0.461 e. The van der Waals surface area contributed by atoms with Gasteiger partial charge in [-0.3, -0.25) is 4.79 Å². The van der Waals surface area contributed by atoms with Crippen molar-refractivity contribution in [2.24, 2.45) is 5.92 Å². The maximum Gasteiger partial charge on any atom is 0.309 e. The first-order valence-electron chi connectivity index (χ1n) is 4.67. The Labute approximate surface area is 87.8 Å². The van der Waals surface area contributed by atoms with Gasteiger partial charge in [-0.1, -0.05) is 29.8 Å². The van der Waals surface area contributed by atoms with E-state index in [1.165, 1.54) is 0 Å². The van der Waals surface area contributed by atoms with Crippen molar-refractivity contribution in [3.05, 3.63) is 34.9 Å². The second-order valence-electron chi connectivity index (χ2n) is 3.47. The molecule has 0 amide bonds. The van der Waals surface area contributed by atoms with Crippen LogP contribution in [-0.4, -0.2) is 5.97 Å². The number of carbonyl (C=O) groups excluding carboxylic acids is 1. The molecular formula is C11H11ClO2. The van der Waals surface area contributed by atoms with Crippen molar-refractivity contribution >= 4 is 17.6 Å². The van der Waals surface area contributed by atoms with Gasteiger partial charge in [0.15, 0.2) is 0 Å². The van der Waals surface area contributed by atoms with Gasteiger partial charge in [0.05, 0.1) is 5.92 Å². The minimum absolute atomic E-state index is 0.0927. The fourth-order valence-corrected chi connectivity index (χ4v) is 1.39. The van der Waals surface area contributed by atoms with Crippen molar-refractivity contribution in [2.45, 2.75) is 19.4 Å². The van der Waals surface area contributed by atoms with Crippen LogP contribution in [0.2, 0.25) is 5.02 Å². The van der Waals surface area contributed by atoms with Crippen LogP contribution >= 0.6 is 11.6 Å². The Balaban J connectivity index is 1.91. The summed E-state index contributed by atoms with van der Waals surface area (Å²) in [4.78, 5) is 11.2. The third-order valence-electron chi connectivity index (χ3n) is 2.24. The second kappa shape index (κ2) is 4.01. The number of halogens is 1. The Bertz CT molecular complexity index is 345. The molecule has 2 rings (SSSR count). The van der Waals surface area contributed by atoms with Crippen LogP contribution in [0.3, 0.4) is 0 Å². The first-order chi connectivity index (χ1) is 6.77. The predicted molar refractivity (Wildman–Crippen MR) is 54.0 cm³/mol. The zero-order valence-corrected chi connectivity index (χ0v) is 8.46. The summed E-state index contributed by atoms with van der Waals surface area (Å²) in [5, 5.41) is 0.649. The maximum absolute atomic E-state index is 11.2. The van der Waals surface area contributed by atoms with Gasteiger partial charge >= 0.3 is 5.97 Å². The van der Waals surface area contributed by atoms with E-state index >= 15 is 0 Å². The molecule has 0 heterocycles. The monoisotopic (exact) mass is 210 g/mol. The molecule has 0 bridgehead atoms. The average molecular weight is 211 g/mol. The van der Waals surface area contributed by atoms with Crippen LogP contribution < -0.4 is 0 Å². The molecule has 0 unspecified atom stereocenters. The molecule has 0 saturated heterocycles. The molecule has 1 saturated carbocycles. The fraction of sp³-hybridized carbons (Fsp3) is 0.364.